The summed E-state index contributed by atoms with van der Waals surface area (Å²) in [5.74, 6) is 0. The van der Waals surface area contributed by atoms with Gasteiger partial charge in [-0.25, -0.2) is 0 Å². The molecule has 0 saturated carbocycles. The number of hydrogen-bond donors (Lipinski definition) is 7. The van der Waals surface area contributed by atoms with E-state index in [-0.39, 0.29) is 5.57 Å². The molecule has 1 heterocycles. The van der Waals surface area contributed by atoms with Crippen LogP contribution >= 0.6 is 0 Å². The van der Waals surface area contributed by atoms with E-state index in [9.17, 15) is 35.7 Å². The average molecular weight is 352 g/mol. The minimum absolute atomic E-state index is 0.0416. The molecule has 0 aromatic heterocycles. The molecule has 10 nitrogen and oxygen atoms in total. The Kier molecular flexibility index (Phi) is 6.67. The number of aliphatic hydroxyl groups excluding tert-OH is 7. The first-order valence-corrected chi connectivity index (χ1v) is 7.52. The van der Waals surface area contributed by atoms with E-state index in [2.05, 4.69) is 0 Å². The molecule has 1 saturated heterocycles. The van der Waals surface area contributed by atoms with E-state index in [4.69, 9.17) is 14.2 Å². The maximum atomic E-state index is 10.2. The Balaban J connectivity index is 2.19. The van der Waals surface area contributed by atoms with Gasteiger partial charge in [-0.05, 0) is 11.6 Å². The molecule has 2 aliphatic rings. The van der Waals surface area contributed by atoms with Crippen molar-refractivity contribution in [1.29, 1.82) is 0 Å². The highest BCUT2D eigenvalue weighted by atomic mass is 16.7. The van der Waals surface area contributed by atoms with E-state index in [1.54, 1.807) is 0 Å². The summed E-state index contributed by atoms with van der Waals surface area (Å²) >= 11 is 0. The predicted octanol–water partition coefficient (Wildman–Crippen LogP) is -4.16. The predicted molar refractivity (Wildman–Crippen MR) is 76.6 cm³/mol. The van der Waals surface area contributed by atoms with Gasteiger partial charge in [0.15, 0.2) is 6.29 Å². The molecule has 140 valence electrons. The molecule has 0 spiro atoms. The van der Waals surface area contributed by atoms with E-state index in [0.717, 1.165) is 0 Å². The fourth-order valence-electron chi connectivity index (χ4n) is 2.87. The fraction of sp³-hybridized carbons (Fsp3) is 0.857. The van der Waals surface area contributed by atoms with E-state index >= 15 is 0 Å². The summed E-state index contributed by atoms with van der Waals surface area (Å²) in [6, 6.07) is 0. The molecule has 1 aliphatic carbocycles. The number of aliphatic hydroxyl groups is 7. The molecule has 24 heavy (non-hydrogen) atoms. The van der Waals surface area contributed by atoms with Gasteiger partial charge in [0.05, 0.1) is 13.2 Å². The van der Waals surface area contributed by atoms with Gasteiger partial charge in [-0.15, -0.1) is 0 Å². The summed E-state index contributed by atoms with van der Waals surface area (Å²) in [5.41, 5.74) is 0.0416. The second kappa shape index (κ2) is 8.15. The largest absolute Gasteiger partial charge is 0.394 e. The Morgan fingerprint density at radius 3 is 2.21 bits per heavy atom. The minimum Gasteiger partial charge on any atom is -0.394 e. The summed E-state index contributed by atoms with van der Waals surface area (Å²) in [6.07, 6.45) is -11.0. The summed E-state index contributed by atoms with van der Waals surface area (Å²) in [4.78, 5) is 0. The lowest BCUT2D eigenvalue weighted by molar-refractivity contribution is -0.309. The first kappa shape index (κ1) is 19.7. The molecule has 0 bridgehead atoms. The molecular formula is C14H24O10. The van der Waals surface area contributed by atoms with Gasteiger partial charge < -0.3 is 50.0 Å². The summed E-state index contributed by atoms with van der Waals surface area (Å²) < 4.78 is 15.7. The standard InChI is InChI=1S/C14H24O10/c1-22-14-12(21)11(20)13(7(4-16)24-14)23-6-2-5(3-15)8(17)10(19)9(6)18/h2,6-21H,3-4H2,1H3/t6-,7+,8+,9-,10-,11+,12+,13+,14-/m0/s1. The minimum atomic E-state index is -1.60. The second-order valence-corrected chi connectivity index (χ2v) is 5.83. The zero-order chi connectivity index (χ0) is 18.0. The first-order chi connectivity index (χ1) is 11.3. The molecule has 2 rings (SSSR count). The van der Waals surface area contributed by atoms with Crippen LogP contribution in [-0.4, -0.2) is 111 Å². The first-order valence-electron chi connectivity index (χ1n) is 7.52. The molecule has 7 N–H and O–H groups in total. The third kappa shape index (κ3) is 3.63. The van der Waals surface area contributed by atoms with Gasteiger partial charge in [-0.2, -0.15) is 0 Å². The van der Waals surface area contributed by atoms with Crippen molar-refractivity contribution in [1.82, 2.24) is 0 Å². The molecule has 9 atom stereocenters. The Morgan fingerprint density at radius 1 is 1.00 bits per heavy atom. The Hall–Kier alpha value is -0.660. The lowest BCUT2D eigenvalue weighted by Crippen LogP contribution is -2.62. The molecule has 10 heteroatoms. The molecular weight excluding hydrogens is 328 g/mol. The summed E-state index contributed by atoms with van der Waals surface area (Å²) in [7, 11) is 1.26. The number of hydrogen-bond acceptors (Lipinski definition) is 10. The normalized spacial score (nSPS) is 46.7. The third-order valence-corrected chi connectivity index (χ3v) is 4.32. The maximum Gasteiger partial charge on any atom is 0.186 e. The lowest BCUT2D eigenvalue weighted by Gasteiger charge is -2.44. The maximum absolute atomic E-state index is 10.2. The molecule has 0 unspecified atom stereocenters. The van der Waals surface area contributed by atoms with Crippen LogP contribution in [0.15, 0.2) is 11.6 Å². The Bertz CT molecular complexity index is 441. The molecule has 1 aliphatic heterocycles. The van der Waals surface area contributed by atoms with Crippen molar-refractivity contribution in [3.05, 3.63) is 11.6 Å². The van der Waals surface area contributed by atoms with Crippen LogP contribution in [0.1, 0.15) is 0 Å². The summed E-state index contributed by atoms with van der Waals surface area (Å²) in [6.45, 7) is -1.12. The lowest BCUT2D eigenvalue weighted by atomic mass is 9.89. The van der Waals surface area contributed by atoms with Crippen LogP contribution in [0.25, 0.3) is 0 Å². The molecule has 0 aromatic carbocycles. The van der Waals surface area contributed by atoms with Gasteiger partial charge in [-0.1, -0.05) is 0 Å². The van der Waals surface area contributed by atoms with Gasteiger partial charge in [0.1, 0.15) is 48.8 Å². The number of rotatable bonds is 5. The van der Waals surface area contributed by atoms with Crippen LogP contribution in [0.2, 0.25) is 0 Å². The zero-order valence-corrected chi connectivity index (χ0v) is 13.0. The molecule has 0 radical (unpaired) electrons. The summed E-state index contributed by atoms with van der Waals surface area (Å²) in [5, 5.41) is 68.3. The van der Waals surface area contributed by atoms with E-state index in [1.165, 1.54) is 13.2 Å². The van der Waals surface area contributed by atoms with Gasteiger partial charge >= 0.3 is 0 Å². The van der Waals surface area contributed by atoms with Crippen molar-refractivity contribution in [2.75, 3.05) is 20.3 Å². The fourth-order valence-corrected chi connectivity index (χ4v) is 2.87. The average Bonchev–Trinajstić information content (AvgIpc) is 2.59. The number of methoxy groups -OCH3 is 1. The second-order valence-electron chi connectivity index (χ2n) is 5.83. The van der Waals surface area contributed by atoms with Gasteiger partial charge in [0.2, 0.25) is 0 Å². The third-order valence-electron chi connectivity index (χ3n) is 4.32. The molecule has 0 amide bonds. The van der Waals surface area contributed by atoms with Crippen LogP contribution in [0.4, 0.5) is 0 Å². The van der Waals surface area contributed by atoms with Crippen LogP contribution < -0.4 is 0 Å². The van der Waals surface area contributed by atoms with E-state index in [0.29, 0.717) is 0 Å². The van der Waals surface area contributed by atoms with E-state index in [1.807, 2.05) is 0 Å². The SMILES string of the molecule is CO[C@H]1O[C@H](CO)[C@@H](O[C@H]2C=C(CO)[C@@H](O)[C@H](O)[C@H]2O)[C@H](O)[C@H]1O. The van der Waals surface area contributed by atoms with Gasteiger partial charge in [-0.3, -0.25) is 0 Å². The molecule has 0 aromatic rings. The van der Waals surface area contributed by atoms with Crippen LogP contribution in [0.5, 0.6) is 0 Å². The van der Waals surface area contributed by atoms with Crippen molar-refractivity contribution in [3.8, 4) is 0 Å². The van der Waals surface area contributed by atoms with Gasteiger partial charge in [0.25, 0.3) is 0 Å². The highest BCUT2D eigenvalue weighted by Crippen LogP contribution is 2.29. The Labute approximate surface area is 138 Å². The van der Waals surface area contributed by atoms with Crippen molar-refractivity contribution in [2.24, 2.45) is 0 Å². The highest BCUT2D eigenvalue weighted by molar-refractivity contribution is 5.20. The highest BCUT2D eigenvalue weighted by Gasteiger charge is 2.48. The topological polar surface area (TPSA) is 169 Å². The van der Waals surface area contributed by atoms with Crippen LogP contribution in [0, 0.1) is 0 Å². The van der Waals surface area contributed by atoms with Crippen LogP contribution in [0.3, 0.4) is 0 Å². The smallest absolute Gasteiger partial charge is 0.186 e. The zero-order valence-electron chi connectivity index (χ0n) is 13.0. The quantitative estimate of drug-likeness (QED) is 0.241. The van der Waals surface area contributed by atoms with Crippen molar-refractivity contribution < 1.29 is 50.0 Å². The number of ether oxygens (including phenoxy) is 3. The van der Waals surface area contributed by atoms with Crippen molar-refractivity contribution in [3.63, 3.8) is 0 Å². The monoisotopic (exact) mass is 352 g/mol. The van der Waals surface area contributed by atoms with Crippen molar-refractivity contribution >= 4 is 0 Å². The Morgan fingerprint density at radius 2 is 1.67 bits per heavy atom. The van der Waals surface area contributed by atoms with E-state index < -0.39 is 68.3 Å². The van der Waals surface area contributed by atoms with Crippen molar-refractivity contribution in [2.45, 2.75) is 55.1 Å². The molecule has 1 fully saturated rings. The van der Waals surface area contributed by atoms with Crippen LogP contribution in [-0.2, 0) is 14.2 Å². The van der Waals surface area contributed by atoms with Gasteiger partial charge in [0, 0.05) is 7.11 Å².